The summed E-state index contributed by atoms with van der Waals surface area (Å²) in [7, 11) is 0. The van der Waals surface area contributed by atoms with Gasteiger partial charge in [-0.1, -0.05) is 44.0 Å². The third-order valence-electron chi connectivity index (χ3n) is 5.77. The Labute approximate surface area is 127 Å². The standard InChI is InChI=1S/C19H26O2/c1-2-13-9-10-17(19(20)21)18(11-13)16-8-4-7-15(12-16)14-5-3-6-14/h4,7-8,12-14,17-18H,2-3,5-6,9-11H2,1H3,(H,20,21). The van der Waals surface area contributed by atoms with Gasteiger partial charge < -0.3 is 5.11 Å². The molecule has 114 valence electrons. The van der Waals surface area contributed by atoms with Crippen LogP contribution in [-0.2, 0) is 4.79 Å². The maximum atomic E-state index is 11.6. The summed E-state index contributed by atoms with van der Waals surface area (Å²) >= 11 is 0. The van der Waals surface area contributed by atoms with E-state index in [1.54, 1.807) is 0 Å². The third kappa shape index (κ3) is 3.00. The largest absolute Gasteiger partial charge is 0.481 e. The van der Waals surface area contributed by atoms with Crippen molar-refractivity contribution in [2.75, 3.05) is 0 Å². The second kappa shape index (κ2) is 6.21. The van der Waals surface area contributed by atoms with E-state index in [1.807, 2.05) is 0 Å². The highest BCUT2D eigenvalue weighted by atomic mass is 16.4. The molecule has 0 heterocycles. The lowest BCUT2D eigenvalue weighted by atomic mass is 9.69. The highest BCUT2D eigenvalue weighted by Crippen LogP contribution is 2.43. The molecule has 0 saturated heterocycles. The van der Waals surface area contributed by atoms with E-state index in [0.717, 1.165) is 25.2 Å². The molecule has 1 aromatic carbocycles. The average molecular weight is 286 g/mol. The van der Waals surface area contributed by atoms with Crippen LogP contribution in [0.3, 0.4) is 0 Å². The van der Waals surface area contributed by atoms with Gasteiger partial charge in [-0.3, -0.25) is 4.79 Å². The Bertz CT molecular complexity index is 504. The van der Waals surface area contributed by atoms with E-state index >= 15 is 0 Å². The fourth-order valence-corrected chi connectivity index (χ4v) is 4.08. The van der Waals surface area contributed by atoms with Gasteiger partial charge in [-0.15, -0.1) is 0 Å². The lowest BCUT2D eigenvalue weighted by Gasteiger charge is -2.35. The molecule has 1 N–H and O–H groups in total. The molecule has 3 unspecified atom stereocenters. The summed E-state index contributed by atoms with van der Waals surface area (Å²) in [6.45, 7) is 2.23. The van der Waals surface area contributed by atoms with Crippen molar-refractivity contribution in [2.24, 2.45) is 11.8 Å². The summed E-state index contributed by atoms with van der Waals surface area (Å²) in [5, 5.41) is 9.56. The second-order valence-corrected chi connectivity index (χ2v) is 6.94. The number of carboxylic acid groups (broad SMARTS) is 1. The molecule has 2 fully saturated rings. The van der Waals surface area contributed by atoms with Crippen molar-refractivity contribution in [1.82, 2.24) is 0 Å². The molecule has 0 aromatic heterocycles. The number of aliphatic carboxylic acids is 1. The Morgan fingerprint density at radius 2 is 1.95 bits per heavy atom. The first-order chi connectivity index (χ1) is 10.2. The SMILES string of the molecule is CCC1CCC(C(=O)O)C(c2cccc(C3CCC3)c2)C1. The van der Waals surface area contributed by atoms with Crippen LogP contribution >= 0.6 is 0 Å². The van der Waals surface area contributed by atoms with Crippen LogP contribution in [0, 0.1) is 11.8 Å². The molecule has 0 amide bonds. The smallest absolute Gasteiger partial charge is 0.307 e. The summed E-state index contributed by atoms with van der Waals surface area (Å²) in [6, 6.07) is 8.82. The van der Waals surface area contributed by atoms with Gasteiger partial charge >= 0.3 is 5.97 Å². The lowest BCUT2D eigenvalue weighted by Crippen LogP contribution is -2.29. The van der Waals surface area contributed by atoms with E-state index in [-0.39, 0.29) is 11.8 Å². The zero-order valence-corrected chi connectivity index (χ0v) is 12.9. The van der Waals surface area contributed by atoms with Crippen molar-refractivity contribution >= 4 is 5.97 Å². The number of benzene rings is 1. The summed E-state index contributed by atoms with van der Waals surface area (Å²) in [5.41, 5.74) is 2.70. The van der Waals surface area contributed by atoms with Crippen molar-refractivity contribution < 1.29 is 9.90 Å². The minimum absolute atomic E-state index is 0.190. The van der Waals surface area contributed by atoms with Gasteiger partial charge in [-0.05, 0) is 61.0 Å². The zero-order valence-electron chi connectivity index (χ0n) is 12.9. The zero-order chi connectivity index (χ0) is 14.8. The van der Waals surface area contributed by atoms with E-state index in [1.165, 1.54) is 36.8 Å². The first kappa shape index (κ1) is 14.6. The molecule has 2 saturated carbocycles. The first-order valence-electron chi connectivity index (χ1n) is 8.51. The van der Waals surface area contributed by atoms with Crippen LogP contribution in [0.4, 0.5) is 0 Å². The highest BCUT2D eigenvalue weighted by Gasteiger charge is 2.35. The minimum atomic E-state index is -0.608. The average Bonchev–Trinajstić information content (AvgIpc) is 2.45. The maximum Gasteiger partial charge on any atom is 0.307 e. The Hall–Kier alpha value is -1.31. The van der Waals surface area contributed by atoms with Gasteiger partial charge in [-0.25, -0.2) is 0 Å². The number of rotatable bonds is 4. The minimum Gasteiger partial charge on any atom is -0.481 e. The number of carboxylic acids is 1. The maximum absolute atomic E-state index is 11.6. The molecule has 3 rings (SSSR count). The van der Waals surface area contributed by atoms with Crippen LogP contribution in [0.5, 0.6) is 0 Å². The second-order valence-electron chi connectivity index (χ2n) is 6.94. The van der Waals surface area contributed by atoms with Crippen LogP contribution in [0.2, 0.25) is 0 Å². The van der Waals surface area contributed by atoms with Crippen LogP contribution in [0.15, 0.2) is 24.3 Å². The van der Waals surface area contributed by atoms with Crippen molar-refractivity contribution in [1.29, 1.82) is 0 Å². The quantitative estimate of drug-likeness (QED) is 0.850. The van der Waals surface area contributed by atoms with Crippen LogP contribution < -0.4 is 0 Å². The number of hydrogen-bond acceptors (Lipinski definition) is 1. The van der Waals surface area contributed by atoms with Crippen molar-refractivity contribution in [3.8, 4) is 0 Å². The fraction of sp³-hybridized carbons (Fsp3) is 0.632. The highest BCUT2D eigenvalue weighted by molar-refractivity contribution is 5.71. The van der Waals surface area contributed by atoms with Gasteiger partial charge in [0.2, 0.25) is 0 Å². The molecular weight excluding hydrogens is 260 g/mol. The van der Waals surface area contributed by atoms with Crippen molar-refractivity contribution in [2.45, 2.75) is 63.7 Å². The van der Waals surface area contributed by atoms with Crippen LogP contribution in [0.1, 0.15) is 74.8 Å². The Morgan fingerprint density at radius 1 is 1.19 bits per heavy atom. The van der Waals surface area contributed by atoms with E-state index in [0.29, 0.717) is 5.92 Å². The molecule has 2 aliphatic rings. The van der Waals surface area contributed by atoms with Gasteiger partial charge in [0.25, 0.3) is 0 Å². The van der Waals surface area contributed by atoms with E-state index in [9.17, 15) is 9.90 Å². The molecule has 0 aliphatic heterocycles. The molecule has 2 aliphatic carbocycles. The monoisotopic (exact) mass is 286 g/mol. The van der Waals surface area contributed by atoms with Crippen molar-refractivity contribution in [3.63, 3.8) is 0 Å². The van der Waals surface area contributed by atoms with Gasteiger partial charge in [0, 0.05) is 0 Å². The Morgan fingerprint density at radius 3 is 2.57 bits per heavy atom. The summed E-state index contributed by atoms with van der Waals surface area (Å²) < 4.78 is 0. The molecule has 0 radical (unpaired) electrons. The lowest BCUT2D eigenvalue weighted by molar-refractivity contribution is -0.143. The molecule has 2 heteroatoms. The first-order valence-corrected chi connectivity index (χ1v) is 8.51. The summed E-state index contributed by atoms with van der Waals surface area (Å²) in [4.78, 5) is 11.6. The predicted molar refractivity (Wildman–Crippen MR) is 84.5 cm³/mol. The van der Waals surface area contributed by atoms with Gasteiger partial charge in [0.15, 0.2) is 0 Å². The molecule has 3 atom stereocenters. The van der Waals surface area contributed by atoms with Gasteiger partial charge in [-0.2, -0.15) is 0 Å². The Kier molecular flexibility index (Phi) is 4.32. The molecular formula is C19H26O2. The molecule has 0 bridgehead atoms. The predicted octanol–water partition coefficient (Wildman–Crippen LogP) is 4.95. The Balaban J connectivity index is 1.85. The number of carbonyl (C=O) groups is 1. The van der Waals surface area contributed by atoms with Crippen molar-refractivity contribution in [3.05, 3.63) is 35.4 Å². The summed E-state index contributed by atoms with van der Waals surface area (Å²) in [5.74, 6) is 0.825. The topological polar surface area (TPSA) is 37.3 Å². The van der Waals surface area contributed by atoms with E-state index < -0.39 is 5.97 Å². The summed E-state index contributed by atoms with van der Waals surface area (Å²) in [6.07, 6.45) is 8.07. The van der Waals surface area contributed by atoms with Gasteiger partial charge in [0.1, 0.15) is 0 Å². The van der Waals surface area contributed by atoms with Crippen LogP contribution in [0.25, 0.3) is 0 Å². The number of hydrogen-bond donors (Lipinski definition) is 1. The van der Waals surface area contributed by atoms with E-state index in [2.05, 4.69) is 31.2 Å². The third-order valence-corrected chi connectivity index (χ3v) is 5.77. The fourth-order valence-electron chi connectivity index (χ4n) is 4.08. The molecule has 0 spiro atoms. The van der Waals surface area contributed by atoms with E-state index in [4.69, 9.17) is 0 Å². The van der Waals surface area contributed by atoms with Gasteiger partial charge in [0.05, 0.1) is 5.92 Å². The normalized spacial score (nSPS) is 29.9. The molecule has 21 heavy (non-hydrogen) atoms. The van der Waals surface area contributed by atoms with Crippen LogP contribution in [-0.4, -0.2) is 11.1 Å². The molecule has 1 aromatic rings. The molecule has 2 nitrogen and oxygen atoms in total.